The summed E-state index contributed by atoms with van der Waals surface area (Å²) in [5.74, 6) is -0.109. The van der Waals surface area contributed by atoms with Gasteiger partial charge in [-0.05, 0) is 41.0 Å². The van der Waals surface area contributed by atoms with E-state index in [-0.39, 0.29) is 12.5 Å². The van der Waals surface area contributed by atoms with Crippen LogP contribution in [-0.4, -0.2) is 50.7 Å². The van der Waals surface area contributed by atoms with E-state index in [9.17, 15) is 4.79 Å². The average Bonchev–Trinajstić information content (AvgIpc) is 2.99. The number of benzene rings is 4. The number of hydrogen-bond donors (Lipinski definition) is 2. The molecule has 3 N–H and O–H groups in total. The first-order valence-corrected chi connectivity index (χ1v) is 13.7. The van der Waals surface area contributed by atoms with Crippen molar-refractivity contribution >= 4 is 22.4 Å². The molecule has 0 saturated heterocycles. The zero-order valence-corrected chi connectivity index (χ0v) is 24.2. The normalized spacial score (nSPS) is 11.2. The minimum atomic E-state index is -0.655. The molecule has 0 radical (unpaired) electrons. The molecule has 41 heavy (non-hydrogen) atoms. The van der Waals surface area contributed by atoms with Crippen molar-refractivity contribution in [2.75, 3.05) is 39.0 Å². The SMILES string of the molecule is C=C(NCCOCC(=O)N(C)C)[C@@H](Cc1ccc2ccccc2c1)N(F)c1cccc(CN)c1.Cc1ccccc1. The van der Waals surface area contributed by atoms with Gasteiger partial charge in [0.05, 0.1) is 12.3 Å². The third kappa shape index (κ3) is 10.0. The van der Waals surface area contributed by atoms with Gasteiger partial charge in [-0.3, -0.25) is 4.79 Å². The number of carbonyl (C=O) groups excluding carboxylic acids is 1. The van der Waals surface area contributed by atoms with Gasteiger partial charge < -0.3 is 20.7 Å². The maximum absolute atomic E-state index is 15.7. The molecule has 0 aromatic heterocycles. The van der Waals surface area contributed by atoms with Crippen molar-refractivity contribution in [3.8, 4) is 0 Å². The molecule has 0 unspecified atom stereocenters. The lowest BCUT2D eigenvalue weighted by Gasteiger charge is -2.28. The summed E-state index contributed by atoms with van der Waals surface area (Å²) < 4.78 is 21.2. The van der Waals surface area contributed by atoms with Gasteiger partial charge in [0.25, 0.3) is 0 Å². The number of likely N-dealkylation sites (N-methyl/N-ethyl adjacent to an activating group) is 1. The summed E-state index contributed by atoms with van der Waals surface area (Å²) >= 11 is 0. The van der Waals surface area contributed by atoms with Crippen molar-refractivity contribution in [3.05, 3.63) is 126 Å². The van der Waals surface area contributed by atoms with Crippen molar-refractivity contribution in [2.24, 2.45) is 5.73 Å². The van der Waals surface area contributed by atoms with E-state index in [2.05, 4.69) is 43.1 Å². The highest BCUT2D eigenvalue weighted by atomic mass is 19.2. The van der Waals surface area contributed by atoms with E-state index in [0.717, 1.165) is 27.0 Å². The van der Waals surface area contributed by atoms with E-state index in [4.69, 9.17) is 10.5 Å². The largest absolute Gasteiger partial charge is 0.385 e. The lowest BCUT2D eigenvalue weighted by Crippen LogP contribution is -2.38. The fourth-order valence-corrected chi connectivity index (χ4v) is 4.15. The first kappa shape index (κ1) is 31.3. The second-order valence-electron chi connectivity index (χ2n) is 10.0. The van der Waals surface area contributed by atoms with Gasteiger partial charge >= 0.3 is 0 Å². The highest BCUT2D eigenvalue weighted by Crippen LogP contribution is 2.25. The lowest BCUT2D eigenvalue weighted by atomic mass is 9.99. The Morgan fingerprint density at radius 2 is 1.63 bits per heavy atom. The number of carbonyl (C=O) groups is 1. The Labute approximate surface area is 243 Å². The number of aryl methyl sites for hydroxylation is 1. The van der Waals surface area contributed by atoms with Crippen LogP contribution in [0, 0.1) is 6.92 Å². The Bertz CT molecular complexity index is 1390. The van der Waals surface area contributed by atoms with E-state index in [1.165, 1.54) is 10.5 Å². The third-order valence-corrected chi connectivity index (χ3v) is 6.57. The first-order valence-electron chi connectivity index (χ1n) is 13.7. The fourth-order valence-electron chi connectivity index (χ4n) is 4.15. The van der Waals surface area contributed by atoms with Crippen LogP contribution in [0.25, 0.3) is 10.8 Å². The van der Waals surface area contributed by atoms with Crippen LogP contribution in [-0.2, 0) is 22.5 Å². The van der Waals surface area contributed by atoms with Gasteiger partial charge in [0.15, 0.2) is 0 Å². The smallest absolute Gasteiger partial charge is 0.248 e. The second kappa shape index (κ2) is 16.2. The van der Waals surface area contributed by atoms with Crippen LogP contribution in [0.15, 0.2) is 109 Å². The molecule has 4 aromatic carbocycles. The van der Waals surface area contributed by atoms with Gasteiger partial charge in [-0.25, -0.2) is 5.12 Å². The number of rotatable bonds is 12. The number of ether oxygens (including phenoxy) is 1. The minimum Gasteiger partial charge on any atom is -0.385 e. The number of nitrogens with zero attached hydrogens (tertiary/aromatic N) is 2. The summed E-state index contributed by atoms with van der Waals surface area (Å²) in [6.07, 6.45) is 0.417. The molecule has 0 saturated carbocycles. The number of amides is 1. The Balaban J connectivity index is 0.000000575. The Morgan fingerprint density at radius 3 is 2.29 bits per heavy atom. The summed E-state index contributed by atoms with van der Waals surface area (Å²) in [6.45, 7) is 7.24. The molecule has 7 heteroatoms. The molecule has 0 heterocycles. The van der Waals surface area contributed by atoms with E-state index in [1.807, 2.05) is 54.6 Å². The highest BCUT2D eigenvalue weighted by molar-refractivity contribution is 5.83. The van der Waals surface area contributed by atoms with Crippen LogP contribution in [0.4, 0.5) is 10.2 Å². The molecule has 4 aromatic rings. The molecule has 6 nitrogen and oxygen atoms in total. The van der Waals surface area contributed by atoms with E-state index >= 15 is 4.48 Å². The number of nitrogens with one attached hydrogen (secondary N) is 1. The van der Waals surface area contributed by atoms with Crippen molar-refractivity contribution in [1.82, 2.24) is 10.2 Å². The molecular formula is C34H41FN4O2. The van der Waals surface area contributed by atoms with E-state index in [1.54, 1.807) is 32.3 Å². The van der Waals surface area contributed by atoms with Gasteiger partial charge in [-0.2, -0.15) is 0 Å². The van der Waals surface area contributed by atoms with Crippen molar-refractivity contribution < 1.29 is 14.0 Å². The van der Waals surface area contributed by atoms with Crippen LogP contribution in [0.2, 0.25) is 0 Å². The summed E-state index contributed by atoms with van der Waals surface area (Å²) in [7, 11) is 3.36. The summed E-state index contributed by atoms with van der Waals surface area (Å²) in [4.78, 5) is 13.1. The van der Waals surface area contributed by atoms with Gasteiger partial charge in [0, 0.05) is 39.3 Å². The quantitative estimate of drug-likeness (QED) is 0.170. The van der Waals surface area contributed by atoms with Crippen molar-refractivity contribution in [1.29, 1.82) is 0 Å². The topological polar surface area (TPSA) is 70.8 Å². The zero-order valence-electron chi connectivity index (χ0n) is 24.2. The number of halogens is 1. The monoisotopic (exact) mass is 556 g/mol. The van der Waals surface area contributed by atoms with Crippen LogP contribution >= 0.6 is 0 Å². The molecule has 0 aliphatic heterocycles. The van der Waals surface area contributed by atoms with Crippen molar-refractivity contribution in [3.63, 3.8) is 0 Å². The first-order chi connectivity index (χ1) is 19.8. The maximum atomic E-state index is 15.7. The van der Waals surface area contributed by atoms with Gasteiger partial charge in [-0.15, -0.1) is 0 Å². The van der Waals surface area contributed by atoms with Crippen LogP contribution in [0.3, 0.4) is 0 Å². The molecule has 0 aliphatic rings. The molecular weight excluding hydrogens is 515 g/mol. The van der Waals surface area contributed by atoms with Gasteiger partial charge in [0.2, 0.25) is 5.91 Å². The van der Waals surface area contributed by atoms with E-state index < -0.39 is 6.04 Å². The Morgan fingerprint density at radius 1 is 0.927 bits per heavy atom. The molecule has 1 atom stereocenters. The predicted octanol–water partition coefficient (Wildman–Crippen LogP) is 5.80. The summed E-state index contributed by atoms with van der Waals surface area (Å²) in [5.41, 5.74) is 9.87. The molecule has 4 rings (SSSR count). The maximum Gasteiger partial charge on any atom is 0.248 e. The van der Waals surface area contributed by atoms with Gasteiger partial charge in [-0.1, -0.05) is 102 Å². The predicted molar refractivity (Wildman–Crippen MR) is 167 cm³/mol. The van der Waals surface area contributed by atoms with Gasteiger partial charge in [0.1, 0.15) is 12.6 Å². The summed E-state index contributed by atoms with van der Waals surface area (Å²) in [5, 5.41) is 6.15. The third-order valence-electron chi connectivity index (χ3n) is 6.57. The second-order valence-corrected chi connectivity index (χ2v) is 10.0. The lowest BCUT2D eigenvalue weighted by molar-refractivity contribution is -0.133. The molecule has 0 bridgehead atoms. The minimum absolute atomic E-state index is 0.00277. The van der Waals surface area contributed by atoms with Crippen LogP contribution in [0.5, 0.6) is 0 Å². The fraction of sp³-hybridized carbons (Fsp3) is 0.265. The van der Waals surface area contributed by atoms with Crippen molar-refractivity contribution in [2.45, 2.75) is 25.9 Å². The van der Waals surface area contributed by atoms with E-state index in [0.29, 0.717) is 37.5 Å². The standard InChI is InChI=1S/C27H33FN4O2.C7H8/c1-20(30-13-14-34-19-27(33)31(2)3)26(32(28)25-10-6-7-22(16-25)18-29)17-21-11-12-23-8-4-5-9-24(23)15-21;1-7-5-3-2-4-6-7/h4-12,15-16,26,30H,1,13-14,17-19,29H2,2-3H3;2-6H,1H3/t26-;/m1./s1. The highest BCUT2D eigenvalue weighted by Gasteiger charge is 2.23. The Kier molecular flexibility index (Phi) is 12.3. The average molecular weight is 557 g/mol. The molecule has 0 fully saturated rings. The zero-order chi connectivity index (χ0) is 29.6. The molecule has 216 valence electrons. The number of nitrogens with two attached hydrogens (primary N) is 1. The molecule has 1 amide bonds. The number of hydrogen-bond acceptors (Lipinski definition) is 5. The number of anilines is 1. The summed E-state index contributed by atoms with van der Waals surface area (Å²) in [6, 6.07) is 31.0. The van der Waals surface area contributed by atoms with Crippen LogP contribution in [0.1, 0.15) is 16.7 Å². The Hall–Kier alpha value is -4.20. The van der Waals surface area contributed by atoms with Crippen LogP contribution < -0.4 is 16.2 Å². The molecule has 0 spiro atoms. The number of fused-ring (bicyclic) bond motifs is 1. The molecule has 0 aliphatic carbocycles.